The van der Waals surface area contributed by atoms with E-state index in [4.69, 9.17) is 10.5 Å². The molecule has 0 radical (unpaired) electrons. The number of anilines is 1. The molecule has 10 heteroatoms. The molecular formula is C18H18N4O6. The maximum atomic E-state index is 12.5. The van der Waals surface area contributed by atoms with Gasteiger partial charge in [-0.15, -0.1) is 0 Å². The molecule has 0 saturated carbocycles. The molecule has 0 bridgehead atoms. The predicted molar refractivity (Wildman–Crippen MR) is 99.3 cm³/mol. The van der Waals surface area contributed by atoms with Crippen molar-refractivity contribution in [1.29, 1.82) is 0 Å². The van der Waals surface area contributed by atoms with Gasteiger partial charge in [-0.1, -0.05) is 30.3 Å². The number of nitrogens with two attached hydrogens (primary N) is 1. The number of benzene rings is 2. The average Bonchev–Trinajstić information content (AvgIpc) is 2.66. The van der Waals surface area contributed by atoms with Gasteiger partial charge in [-0.2, -0.15) is 0 Å². The fraction of sp³-hybridized carbons (Fsp3) is 0.167. The van der Waals surface area contributed by atoms with Gasteiger partial charge in [0.25, 0.3) is 11.6 Å². The van der Waals surface area contributed by atoms with Gasteiger partial charge in [0.15, 0.2) is 0 Å². The quantitative estimate of drug-likeness (QED) is 0.296. The standard InChI is InChI=1S/C18H18N4O6/c1-2-20-18(25)21-16(23)15(11-6-4-3-5-7-11)28-17(24)12-8-9-13(19)14(10-12)22(26)27/h3-10,15H,2,19H2,1H3,(H2,20,21,23,25)/t15-/m1/s1. The first-order valence-electron chi connectivity index (χ1n) is 8.22. The molecule has 2 aromatic carbocycles. The predicted octanol–water partition coefficient (Wildman–Crippen LogP) is 1.92. The highest BCUT2D eigenvalue weighted by Crippen LogP contribution is 2.25. The van der Waals surface area contributed by atoms with Crippen LogP contribution in [0.2, 0.25) is 0 Å². The van der Waals surface area contributed by atoms with Crippen molar-refractivity contribution in [2.45, 2.75) is 13.0 Å². The Morgan fingerprint density at radius 3 is 2.46 bits per heavy atom. The molecule has 0 aliphatic carbocycles. The van der Waals surface area contributed by atoms with Crippen LogP contribution in [0.25, 0.3) is 0 Å². The lowest BCUT2D eigenvalue weighted by Crippen LogP contribution is -2.42. The van der Waals surface area contributed by atoms with Gasteiger partial charge < -0.3 is 15.8 Å². The van der Waals surface area contributed by atoms with E-state index in [9.17, 15) is 24.5 Å². The van der Waals surface area contributed by atoms with Crippen molar-refractivity contribution >= 4 is 29.3 Å². The van der Waals surface area contributed by atoms with Crippen LogP contribution < -0.4 is 16.4 Å². The first-order valence-corrected chi connectivity index (χ1v) is 8.22. The smallest absolute Gasteiger partial charge is 0.339 e. The summed E-state index contributed by atoms with van der Waals surface area (Å²) in [5.41, 5.74) is 5.10. The Kier molecular flexibility index (Phi) is 6.63. The molecule has 10 nitrogen and oxygen atoms in total. The molecule has 2 aromatic rings. The minimum Gasteiger partial charge on any atom is -0.444 e. The number of rotatable bonds is 6. The van der Waals surface area contributed by atoms with Gasteiger partial charge in [0.05, 0.1) is 10.5 Å². The van der Waals surface area contributed by atoms with Crippen LogP contribution in [0.15, 0.2) is 48.5 Å². The lowest BCUT2D eigenvalue weighted by molar-refractivity contribution is -0.383. The number of hydrogen-bond acceptors (Lipinski definition) is 7. The molecule has 4 N–H and O–H groups in total. The second kappa shape index (κ2) is 9.12. The van der Waals surface area contributed by atoms with E-state index in [-0.39, 0.29) is 11.3 Å². The van der Waals surface area contributed by atoms with Crippen molar-refractivity contribution in [2.75, 3.05) is 12.3 Å². The van der Waals surface area contributed by atoms with Crippen molar-refractivity contribution in [1.82, 2.24) is 10.6 Å². The molecule has 0 fully saturated rings. The maximum absolute atomic E-state index is 12.5. The monoisotopic (exact) mass is 386 g/mol. The van der Waals surface area contributed by atoms with Crippen LogP contribution in [0.5, 0.6) is 0 Å². The topological polar surface area (TPSA) is 154 Å². The molecule has 2 rings (SSSR count). The zero-order valence-corrected chi connectivity index (χ0v) is 14.9. The molecule has 0 aliphatic rings. The minimum atomic E-state index is -1.44. The molecule has 0 spiro atoms. The lowest BCUT2D eigenvalue weighted by atomic mass is 10.1. The number of ether oxygens (including phenoxy) is 1. The van der Waals surface area contributed by atoms with Gasteiger partial charge >= 0.3 is 12.0 Å². The lowest BCUT2D eigenvalue weighted by Gasteiger charge is -2.17. The molecule has 1 atom stereocenters. The number of nitrogen functional groups attached to an aromatic ring is 1. The highest BCUT2D eigenvalue weighted by Gasteiger charge is 2.28. The number of esters is 1. The van der Waals surface area contributed by atoms with Crippen molar-refractivity contribution in [3.8, 4) is 0 Å². The Hall–Kier alpha value is -3.95. The van der Waals surface area contributed by atoms with Crippen LogP contribution in [0, 0.1) is 10.1 Å². The molecule has 0 aliphatic heterocycles. The second-order valence-corrected chi connectivity index (χ2v) is 5.58. The number of nitro groups is 1. The Morgan fingerprint density at radius 2 is 1.86 bits per heavy atom. The molecular weight excluding hydrogens is 368 g/mol. The molecule has 0 saturated heterocycles. The van der Waals surface area contributed by atoms with E-state index in [1.807, 2.05) is 0 Å². The summed E-state index contributed by atoms with van der Waals surface area (Å²) in [6.07, 6.45) is -1.44. The van der Waals surface area contributed by atoms with Gasteiger partial charge in [0.1, 0.15) is 5.69 Å². The summed E-state index contributed by atoms with van der Waals surface area (Å²) in [5, 5.41) is 15.5. The minimum absolute atomic E-state index is 0.116. The molecule has 0 aromatic heterocycles. The fourth-order valence-corrected chi connectivity index (χ4v) is 2.29. The molecule has 28 heavy (non-hydrogen) atoms. The number of urea groups is 1. The van der Waals surface area contributed by atoms with Crippen molar-refractivity contribution in [3.05, 3.63) is 69.8 Å². The highest BCUT2D eigenvalue weighted by molar-refractivity contribution is 5.99. The number of hydrogen-bond donors (Lipinski definition) is 3. The highest BCUT2D eigenvalue weighted by atomic mass is 16.6. The van der Waals surface area contributed by atoms with E-state index in [1.165, 1.54) is 12.1 Å². The van der Waals surface area contributed by atoms with Gasteiger partial charge in [-0.3, -0.25) is 20.2 Å². The van der Waals surface area contributed by atoms with Gasteiger partial charge in [0.2, 0.25) is 6.10 Å². The van der Waals surface area contributed by atoms with E-state index in [2.05, 4.69) is 10.6 Å². The van der Waals surface area contributed by atoms with Crippen LogP contribution in [-0.2, 0) is 9.53 Å². The second-order valence-electron chi connectivity index (χ2n) is 5.58. The fourth-order valence-electron chi connectivity index (χ4n) is 2.29. The van der Waals surface area contributed by atoms with Crippen LogP contribution in [0.3, 0.4) is 0 Å². The summed E-state index contributed by atoms with van der Waals surface area (Å²) in [6, 6.07) is 10.7. The van der Waals surface area contributed by atoms with Crippen LogP contribution in [0.1, 0.15) is 28.9 Å². The first kappa shape index (κ1) is 20.4. The third-order valence-electron chi connectivity index (χ3n) is 3.60. The van der Waals surface area contributed by atoms with Gasteiger partial charge in [0, 0.05) is 18.2 Å². The normalized spacial score (nSPS) is 11.2. The van der Waals surface area contributed by atoms with E-state index in [0.29, 0.717) is 12.1 Å². The summed E-state index contributed by atoms with van der Waals surface area (Å²) in [7, 11) is 0. The summed E-state index contributed by atoms with van der Waals surface area (Å²) < 4.78 is 5.24. The first-order chi connectivity index (χ1) is 13.3. The number of carbonyl (C=O) groups is 3. The number of nitrogens with zero attached hydrogens (tertiary/aromatic N) is 1. The Labute approximate surface area is 159 Å². The Morgan fingerprint density at radius 1 is 1.18 bits per heavy atom. The Bertz CT molecular complexity index is 900. The van der Waals surface area contributed by atoms with Crippen LogP contribution in [0.4, 0.5) is 16.2 Å². The van der Waals surface area contributed by atoms with E-state index in [1.54, 1.807) is 37.3 Å². The molecule has 0 heterocycles. The summed E-state index contributed by atoms with van der Waals surface area (Å²) in [6.45, 7) is 1.97. The number of imide groups is 1. The van der Waals surface area contributed by atoms with Crippen molar-refractivity contribution < 1.29 is 24.0 Å². The zero-order chi connectivity index (χ0) is 20.7. The average molecular weight is 386 g/mol. The summed E-state index contributed by atoms with van der Waals surface area (Å²) in [4.78, 5) is 46.8. The van der Waals surface area contributed by atoms with Gasteiger partial charge in [-0.05, 0) is 19.1 Å². The van der Waals surface area contributed by atoms with Crippen LogP contribution >= 0.6 is 0 Å². The largest absolute Gasteiger partial charge is 0.444 e. The maximum Gasteiger partial charge on any atom is 0.339 e. The molecule has 3 amide bonds. The number of nitrogens with one attached hydrogen (secondary N) is 2. The third kappa shape index (κ3) is 5.04. The number of nitro benzene ring substituents is 1. The van der Waals surface area contributed by atoms with Crippen LogP contribution in [-0.4, -0.2) is 29.4 Å². The summed E-state index contributed by atoms with van der Waals surface area (Å²) >= 11 is 0. The third-order valence-corrected chi connectivity index (χ3v) is 3.60. The molecule has 146 valence electrons. The van der Waals surface area contributed by atoms with Gasteiger partial charge in [-0.25, -0.2) is 9.59 Å². The zero-order valence-electron chi connectivity index (χ0n) is 14.9. The Balaban J connectivity index is 2.28. The van der Waals surface area contributed by atoms with Crippen molar-refractivity contribution in [3.63, 3.8) is 0 Å². The molecule has 0 unspecified atom stereocenters. The van der Waals surface area contributed by atoms with E-state index in [0.717, 1.165) is 6.07 Å². The van der Waals surface area contributed by atoms with Crippen molar-refractivity contribution in [2.24, 2.45) is 0 Å². The van der Waals surface area contributed by atoms with E-state index < -0.39 is 34.6 Å². The summed E-state index contributed by atoms with van der Waals surface area (Å²) in [5.74, 6) is -1.85. The SMILES string of the molecule is CCNC(=O)NC(=O)[C@H](OC(=O)c1ccc(N)c([N+](=O)[O-])c1)c1ccccc1. The number of carbonyl (C=O) groups excluding carboxylic acids is 3. The number of amides is 3. The van der Waals surface area contributed by atoms with E-state index >= 15 is 0 Å².